The van der Waals surface area contributed by atoms with E-state index >= 15 is 0 Å². The van der Waals surface area contributed by atoms with Gasteiger partial charge in [0.15, 0.2) is 0 Å². The van der Waals surface area contributed by atoms with Gasteiger partial charge in [-0.15, -0.1) is 11.3 Å². The van der Waals surface area contributed by atoms with E-state index in [1.54, 1.807) is 17.3 Å². The fraction of sp³-hybridized carbons (Fsp3) is 0.536. The average Bonchev–Trinajstić information content (AvgIpc) is 3.57. The van der Waals surface area contributed by atoms with Crippen LogP contribution >= 0.6 is 22.9 Å². The molecule has 1 fully saturated rings. The van der Waals surface area contributed by atoms with Gasteiger partial charge in [-0.1, -0.05) is 5.16 Å². The van der Waals surface area contributed by atoms with Crippen LogP contribution in [0.15, 0.2) is 15.6 Å². The van der Waals surface area contributed by atoms with Gasteiger partial charge in [0.1, 0.15) is 28.2 Å². The molecule has 1 saturated heterocycles. The molecule has 14 heteroatoms. The monoisotopic (exact) mass is 611 g/mol. The van der Waals surface area contributed by atoms with Crippen LogP contribution in [0.25, 0.3) is 11.5 Å². The summed E-state index contributed by atoms with van der Waals surface area (Å²) < 4.78 is 11.3. The zero-order chi connectivity index (χ0) is 30.2. The Morgan fingerprint density at radius 3 is 2.67 bits per heavy atom. The second-order valence-corrected chi connectivity index (χ2v) is 13.3. The van der Waals surface area contributed by atoms with Crippen molar-refractivity contribution >= 4 is 46.2 Å². The molecule has 0 N–H and O–H groups in total. The Morgan fingerprint density at radius 1 is 1.26 bits per heavy atom. The Labute approximate surface area is 254 Å². The van der Waals surface area contributed by atoms with E-state index in [1.165, 1.54) is 11.3 Å². The smallest absolute Gasteiger partial charge is 0.410 e. The molecule has 3 aromatic heterocycles. The molecule has 0 aromatic carbocycles. The number of piperazine rings is 1. The summed E-state index contributed by atoms with van der Waals surface area (Å²) in [6.45, 7) is 9.67. The number of thiophene rings is 1. The molecule has 4 heterocycles. The number of aryl methyl sites for hydroxylation is 1. The number of carbonyl (C=O) groups excluding carboxylic acids is 1. The number of aromatic nitrogens is 4. The molecule has 0 radical (unpaired) electrons. The molecule has 3 aromatic rings. The minimum atomic E-state index is -0.649. The standard InChI is InChI=1S/C28H34ClN9O3S/c1-27(2,3)40-26(39)38-12-10-37(11-13-38)20-14-18(32-25(29)33-20)22-34-24(41-35-22)28(4)9-7-8-19-21(28)17(15-30)23(42-19)31-16-36(5)6/h14,16H,7-13H2,1-6H3/b31-16+/t28-/m0/s1. The number of halogens is 1. The van der Waals surface area contributed by atoms with Crippen LogP contribution in [0.2, 0.25) is 5.28 Å². The molecule has 42 heavy (non-hydrogen) atoms. The van der Waals surface area contributed by atoms with Crippen LogP contribution in [0.3, 0.4) is 0 Å². The largest absolute Gasteiger partial charge is 0.444 e. The third-order valence-corrected chi connectivity index (χ3v) is 8.51. The number of hydrogen-bond acceptors (Lipinski definition) is 11. The highest BCUT2D eigenvalue weighted by molar-refractivity contribution is 7.16. The highest BCUT2D eigenvalue weighted by Crippen LogP contribution is 2.50. The fourth-order valence-corrected chi connectivity index (χ4v) is 6.64. The van der Waals surface area contributed by atoms with Crippen LogP contribution in [0.5, 0.6) is 0 Å². The number of ether oxygens (including phenoxy) is 1. The Balaban J connectivity index is 1.39. The van der Waals surface area contributed by atoms with E-state index in [0.717, 1.165) is 29.7 Å². The van der Waals surface area contributed by atoms with E-state index in [9.17, 15) is 10.1 Å². The first-order chi connectivity index (χ1) is 19.9. The summed E-state index contributed by atoms with van der Waals surface area (Å²) in [7, 11) is 3.78. The van der Waals surface area contributed by atoms with Gasteiger partial charge >= 0.3 is 6.09 Å². The normalized spacial score (nSPS) is 19.1. The summed E-state index contributed by atoms with van der Waals surface area (Å²) in [6, 6.07) is 4.15. The van der Waals surface area contributed by atoms with Crippen LogP contribution < -0.4 is 4.90 Å². The quantitative estimate of drug-likeness (QED) is 0.219. The first-order valence-electron chi connectivity index (χ1n) is 13.8. The van der Waals surface area contributed by atoms with Gasteiger partial charge in [-0.05, 0) is 58.6 Å². The van der Waals surface area contributed by atoms with Crippen molar-refractivity contribution in [1.29, 1.82) is 5.26 Å². The van der Waals surface area contributed by atoms with Crippen molar-refractivity contribution in [2.24, 2.45) is 4.99 Å². The zero-order valence-electron chi connectivity index (χ0n) is 24.6. The number of nitriles is 1. The molecule has 2 aliphatic rings. The molecule has 1 aliphatic carbocycles. The van der Waals surface area contributed by atoms with Gasteiger partial charge < -0.3 is 24.0 Å². The Morgan fingerprint density at radius 2 is 2.00 bits per heavy atom. The van der Waals surface area contributed by atoms with Gasteiger partial charge in [0.2, 0.25) is 17.0 Å². The molecule has 0 unspecified atom stereocenters. The summed E-state index contributed by atoms with van der Waals surface area (Å²) in [5.74, 6) is 1.31. The van der Waals surface area contributed by atoms with E-state index in [4.69, 9.17) is 25.8 Å². The zero-order valence-corrected chi connectivity index (χ0v) is 26.2. The average molecular weight is 612 g/mol. The molecular formula is C28H34ClN9O3S. The maximum Gasteiger partial charge on any atom is 0.410 e. The molecule has 1 atom stereocenters. The molecule has 1 aliphatic heterocycles. The predicted octanol–water partition coefficient (Wildman–Crippen LogP) is 5.03. The highest BCUT2D eigenvalue weighted by atomic mass is 35.5. The van der Waals surface area contributed by atoms with Gasteiger partial charge in [-0.2, -0.15) is 10.2 Å². The fourth-order valence-electron chi connectivity index (χ4n) is 5.21. The summed E-state index contributed by atoms with van der Waals surface area (Å²) in [4.78, 5) is 37.3. The van der Waals surface area contributed by atoms with Gasteiger partial charge in [0, 0.05) is 56.8 Å². The van der Waals surface area contributed by atoms with Gasteiger partial charge in [0.25, 0.3) is 0 Å². The van der Waals surface area contributed by atoms with Crippen LogP contribution in [0.4, 0.5) is 15.6 Å². The first kappa shape index (κ1) is 29.7. The number of nitrogens with zero attached hydrogens (tertiary/aromatic N) is 9. The van der Waals surface area contributed by atoms with Crippen LogP contribution in [0, 0.1) is 11.3 Å². The molecule has 0 spiro atoms. The summed E-state index contributed by atoms with van der Waals surface area (Å²) in [5.41, 5.74) is 0.686. The second-order valence-electron chi connectivity index (χ2n) is 11.8. The van der Waals surface area contributed by atoms with E-state index in [2.05, 4.69) is 26.2 Å². The Hall–Kier alpha value is -3.76. The number of amides is 1. The van der Waals surface area contributed by atoms with Crippen LogP contribution in [0.1, 0.15) is 62.4 Å². The lowest BCUT2D eigenvalue weighted by Gasteiger charge is -2.36. The SMILES string of the molecule is CN(C)/C=N/c1sc2c(c1C#N)[C@@](C)(c1nc(-c3cc(N4CCN(C(=O)OC(C)(C)C)CC4)nc(Cl)n3)no1)CCC2. The highest BCUT2D eigenvalue weighted by Gasteiger charge is 2.43. The van der Waals surface area contributed by atoms with E-state index in [-0.39, 0.29) is 17.2 Å². The molecule has 0 saturated carbocycles. The first-order valence-corrected chi connectivity index (χ1v) is 15.0. The summed E-state index contributed by atoms with van der Waals surface area (Å²) >= 11 is 7.88. The van der Waals surface area contributed by atoms with Crippen molar-refractivity contribution in [3.05, 3.63) is 33.2 Å². The topological polar surface area (TPSA) is 137 Å². The summed E-state index contributed by atoms with van der Waals surface area (Å²) in [6.07, 6.45) is 3.91. The molecule has 5 rings (SSSR count). The molecule has 1 amide bonds. The summed E-state index contributed by atoms with van der Waals surface area (Å²) in [5, 5.41) is 15.1. The van der Waals surface area contributed by atoms with Crippen LogP contribution in [-0.4, -0.2) is 88.2 Å². The number of carbonyl (C=O) groups is 1. The van der Waals surface area contributed by atoms with Crippen molar-refractivity contribution in [3.8, 4) is 17.6 Å². The van der Waals surface area contributed by atoms with Crippen molar-refractivity contribution < 1.29 is 14.1 Å². The van der Waals surface area contributed by atoms with E-state index in [0.29, 0.717) is 54.1 Å². The number of hydrogen-bond donors (Lipinski definition) is 0. The predicted molar refractivity (Wildman–Crippen MR) is 161 cm³/mol. The second kappa shape index (κ2) is 11.5. The lowest BCUT2D eigenvalue weighted by molar-refractivity contribution is 0.0240. The van der Waals surface area contributed by atoms with Gasteiger partial charge in [-0.25, -0.2) is 19.8 Å². The molecule has 0 bridgehead atoms. The Bertz CT molecular complexity index is 1550. The third kappa shape index (κ3) is 6.05. The number of anilines is 1. The van der Waals surface area contributed by atoms with Crippen LogP contribution in [-0.2, 0) is 16.6 Å². The maximum absolute atomic E-state index is 12.5. The van der Waals surface area contributed by atoms with Crippen molar-refractivity contribution in [1.82, 2.24) is 29.9 Å². The number of aliphatic imine (C=N–C) groups is 1. The lowest BCUT2D eigenvalue weighted by atomic mass is 9.72. The molecule has 12 nitrogen and oxygen atoms in total. The molecule has 222 valence electrons. The van der Waals surface area contributed by atoms with Crippen molar-refractivity contribution in [3.63, 3.8) is 0 Å². The minimum absolute atomic E-state index is 0.0579. The lowest BCUT2D eigenvalue weighted by Crippen LogP contribution is -2.50. The van der Waals surface area contributed by atoms with Crippen molar-refractivity contribution in [2.75, 3.05) is 45.2 Å². The van der Waals surface area contributed by atoms with Crippen molar-refractivity contribution in [2.45, 2.75) is 58.0 Å². The number of fused-ring (bicyclic) bond motifs is 1. The van der Waals surface area contributed by atoms with E-state index in [1.807, 2.05) is 51.6 Å². The van der Waals surface area contributed by atoms with Gasteiger partial charge in [-0.3, -0.25) is 0 Å². The molecular weight excluding hydrogens is 578 g/mol. The number of rotatable bonds is 5. The third-order valence-electron chi connectivity index (χ3n) is 7.18. The minimum Gasteiger partial charge on any atom is -0.444 e. The Kier molecular flexibility index (Phi) is 8.13. The maximum atomic E-state index is 12.5. The van der Waals surface area contributed by atoms with E-state index < -0.39 is 11.0 Å². The van der Waals surface area contributed by atoms with Gasteiger partial charge in [0.05, 0.1) is 17.3 Å².